The van der Waals surface area contributed by atoms with E-state index in [0.717, 1.165) is 0 Å². The van der Waals surface area contributed by atoms with E-state index in [9.17, 15) is 14.4 Å². The SMILES string of the molecule is CC(C)(C)C(=O)N1CCC(N2C(=O)CCC2=O)CC1. The minimum Gasteiger partial charge on any atom is -0.342 e. The van der Waals surface area contributed by atoms with Crippen LogP contribution >= 0.6 is 0 Å². The molecule has 2 heterocycles. The molecule has 0 N–H and O–H groups in total. The summed E-state index contributed by atoms with van der Waals surface area (Å²) < 4.78 is 0. The molecule has 106 valence electrons. The molecular formula is C14H22N2O3. The van der Waals surface area contributed by atoms with Crippen LogP contribution in [0.2, 0.25) is 0 Å². The molecule has 5 heteroatoms. The lowest BCUT2D eigenvalue weighted by atomic mass is 9.92. The molecule has 0 aromatic heterocycles. The maximum atomic E-state index is 12.2. The van der Waals surface area contributed by atoms with Crippen molar-refractivity contribution in [1.29, 1.82) is 0 Å². The molecule has 0 aliphatic carbocycles. The molecule has 0 aromatic rings. The van der Waals surface area contributed by atoms with Gasteiger partial charge in [-0.05, 0) is 12.8 Å². The second kappa shape index (κ2) is 4.94. The average molecular weight is 266 g/mol. The van der Waals surface area contributed by atoms with Crippen molar-refractivity contribution in [2.45, 2.75) is 52.5 Å². The lowest BCUT2D eigenvalue weighted by Crippen LogP contribution is -2.50. The van der Waals surface area contributed by atoms with Gasteiger partial charge in [-0.2, -0.15) is 0 Å². The second-order valence-electron chi connectivity index (χ2n) is 6.43. The zero-order valence-corrected chi connectivity index (χ0v) is 11.9. The smallest absolute Gasteiger partial charge is 0.229 e. The third kappa shape index (κ3) is 2.80. The number of carbonyl (C=O) groups excluding carboxylic acids is 3. The standard InChI is InChI=1S/C14H22N2O3/c1-14(2,3)13(19)15-8-6-10(7-9-15)16-11(17)4-5-12(16)18/h10H,4-9H2,1-3H3. The molecule has 2 aliphatic heterocycles. The number of likely N-dealkylation sites (tertiary alicyclic amines) is 2. The lowest BCUT2D eigenvalue weighted by molar-refractivity contribution is -0.144. The van der Waals surface area contributed by atoms with E-state index >= 15 is 0 Å². The third-order valence-corrected chi connectivity index (χ3v) is 3.85. The number of nitrogens with zero attached hydrogens (tertiary/aromatic N) is 2. The summed E-state index contributed by atoms with van der Waals surface area (Å²) in [5.74, 6) is 0.0428. The fraction of sp³-hybridized carbons (Fsp3) is 0.786. The molecule has 0 atom stereocenters. The van der Waals surface area contributed by atoms with Crippen molar-refractivity contribution < 1.29 is 14.4 Å². The topological polar surface area (TPSA) is 57.7 Å². The number of rotatable bonds is 1. The predicted octanol–water partition coefficient (Wildman–Crippen LogP) is 1.17. The molecule has 0 saturated carbocycles. The largest absolute Gasteiger partial charge is 0.342 e. The van der Waals surface area contributed by atoms with Crippen molar-refractivity contribution in [3.8, 4) is 0 Å². The Bertz CT molecular complexity index is 387. The van der Waals surface area contributed by atoms with Crippen LogP contribution < -0.4 is 0 Å². The van der Waals surface area contributed by atoms with Crippen molar-refractivity contribution in [2.24, 2.45) is 5.41 Å². The van der Waals surface area contributed by atoms with Gasteiger partial charge < -0.3 is 4.90 Å². The number of carbonyl (C=O) groups is 3. The zero-order chi connectivity index (χ0) is 14.2. The Morgan fingerprint density at radius 3 is 1.95 bits per heavy atom. The first-order valence-electron chi connectivity index (χ1n) is 6.95. The van der Waals surface area contributed by atoms with Crippen LogP contribution in [0.15, 0.2) is 0 Å². The van der Waals surface area contributed by atoms with E-state index in [0.29, 0.717) is 38.8 Å². The van der Waals surface area contributed by atoms with Crippen LogP contribution in [0.4, 0.5) is 0 Å². The minimum atomic E-state index is -0.369. The number of hydrogen-bond acceptors (Lipinski definition) is 3. The molecule has 0 unspecified atom stereocenters. The maximum Gasteiger partial charge on any atom is 0.229 e. The van der Waals surface area contributed by atoms with Crippen molar-refractivity contribution in [1.82, 2.24) is 9.80 Å². The molecule has 3 amide bonds. The minimum absolute atomic E-state index is 0.00785. The lowest BCUT2D eigenvalue weighted by Gasteiger charge is -2.38. The Balaban J connectivity index is 1.94. The molecule has 19 heavy (non-hydrogen) atoms. The van der Waals surface area contributed by atoms with E-state index in [-0.39, 0.29) is 29.2 Å². The number of imide groups is 1. The fourth-order valence-corrected chi connectivity index (χ4v) is 2.80. The molecule has 0 spiro atoms. The number of hydrogen-bond donors (Lipinski definition) is 0. The molecule has 2 aliphatic rings. The van der Waals surface area contributed by atoms with Crippen LogP contribution in [0.5, 0.6) is 0 Å². The van der Waals surface area contributed by atoms with Gasteiger partial charge >= 0.3 is 0 Å². The molecule has 2 fully saturated rings. The monoisotopic (exact) mass is 266 g/mol. The Morgan fingerprint density at radius 1 is 1.05 bits per heavy atom. The van der Waals surface area contributed by atoms with E-state index in [4.69, 9.17) is 0 Å². The highest BCUT2D eigenvalue weighted by Crippen LogP contribution is 2.25. The quantitative estimate of drug-likeness (QED) is 0.669. The summed E-state index contributed by atoms with van der Waals surface area (Å²) in [4.78, 5) is 38.8. The number of piperidine rings is 1. The van der Waals surface area contributed by atoms with Crippen LogP contribution in [0.3, 0.4) is 0 Å². The van der Waals surface area contributed by atoms with Crippen LogP contribution in [-0.2, 0) is 14.4 Å². The average Bonchev–Trinajstić information content (AvgIpc) is 2.67. The Morgan fingerprint density at radius 2 is 1.53 bits per heavy atom. The highest BCUT2D eigenvalue weighted by atomic mass is 16.2. The first kappa shape index (κ1) is 14.0. The summed E-state index contributed by atoms with van der Waals surface area (Å²) in [5.41, 5.74) is -0.369. The van der Waals surface area contributed by atoms with Crippen LogP contribution in [-0.4, -0.2) is 46.7 Å². The summed E-state index contributed by atoms with van der Waals surface area (Å²) in [5, 5.41) is 0. The van der Waals surface area contributed by atoms with Gasteiger partial charge in [-0.25, -0.2) is 0 Å². The third-order valence-electron chi connectivity index (χ3n) is 3.85. The van der Waals surface area contributed by atoms with Gasteiger partial charge in [-0.1, -0.05) is 20.8 Å². The first-order chi connectivity index (χ1) is 8.80. The molecule has 2 saturated heterocycles. The van der Waals surface area contributed by atoms with E-state index in [2.05, 4.69) is 0 Å². The van der Waals surface area contributed by atoms with Crippen molar-refractivity contribution in [3.05, 3.63) is 0 Å². The molecule has 2 rings (SSSR count). The second-order valence-corrected chi connectivity index (χ2v) is 6.43. The van der Waals surface area contributed by atoms with Gasteiger partial charge in [-0.3, -0.25) is 19.3 Å². The van der Waals surface area contributed by atoms with Gasteiger partial charge in [0.1, 0.15) is 0 Å². The predicted molar refractivity (Wildman–Crippen MR) is 70.1 cm³/mol. The van der Waals surface area contributed by atoms with Gasteiger partial charge in [0.05, 0.1) is 0 Å². The Labute approximate surface area is 113 Å². The fourth-order valence-electron chi connectivity index (χ4n) is 2.80. The van der Waals surface area contributed by atoms with Crippen molar-refractivity contribution in [3.63, 3.8) is 0 Å². The summed E-state index contributed by atoms with van der Waals surface area (Å²) in [6.07, 6.45) is 2.11. The van der Waals surface area contributed by atoms with Crippen LogP contribution in [0, 0.1) is 5.41 Å². The summed E-state index contributed by atoms with van der Waals surface area (Å²) >= 11 is 0. The van der Waals surface area contributed by atoms with Gasteiger partial charge in [0, 0.05) is 37.4 Å². The van der Waals surface area contributed by atoms with Crippen molar-refractivity contribution in [2.75, 3.05) is 13.1 Å². The van der Waals surface area contributed by atoms with Gasteiger partial charge in [0.2, 0.25) is 17.7 Å². The van der Waals surface area contributed by atoms with E-state index in [1.165, 1.54) is 4.90 Å². The van der Waals surface area contributed by atoms with Crippen LogP contribution in [0.1, 0.15) is 46.5 Å². The van der Waals surface area contributed by atoms with Gasteiger partial charge in [-0.15, -0.1) is 0 Å². The normalized spacial score (nSPS) is 22.3. The highest BCUT2D eigenvalue weighted by molar-refractivity contribution is 6.02. The molecule has 5 nitrogen and oxygen atoms in total. The first-order valence-corrected chi connectivity index (χ1v) is 6.95. The maximum absolute atomic E-state index is 12.2. The highest BCUT2D eigenvalue weighted by Gasteiger charge is 2.38. The zero-order valence-electron chi connectivity index (χ0n) is 11.9. The molecule has 0 aromatic carbocycles. The number of amides is 3. The summed E-state index contributed by atoms with van der Waals surface area (Å²) in [6, 6.07) is -0.00785. The van der Waals surface area contributed by atoms with Crippen molar-refractivity contribution >= 4 is 17.7 Å². The summed E-state index contributed by atoms with van der Waals surface area (Å²) in [7, 11) is 0. The molecule has 0 radical (unpaired) electrons. The van der Waals surface area contributed by atoms with E-state index in [1.54, 1.807) is 0 Å². The molecular weight excluding hydrogens is 244 g/mol. The van der Waals surface area contributed by atoms with Crippen LogP contribution in [0.25, 0.3) is 0 Å². The molecule has 0 bridgehead atoms. The van der Waals surface area contributed by atoms with Gasteiger partial charge in [0.25, 0.3) is 0 Å². The van der Waals surface area contributed by atoms with E-state index < -0.39 is 0 Å². The Kier molecular flexibility index (Phi) is 3.65. The van der Waals surface area contributed by atoms with E-state index in [1.807, 2.05) is 25.7 Å². The Hall–Kier alpha value is -1.39. The van der Waals surface area contributed by atoms with Gasteiger partial charge in [0.15, 0.2) is 0 Å². The summed E-state index contributed by atoms with van der Waals surface area (Å²) in [6.45, 7) is 7.01.